The molecule has 0 atom stereocenters. The molecule has 1 aromatic rings. The van der Waals surface area contributed by atoms with E-state index in [9.17, 15) is 8.42 Å². The second-order valence-corrected chi connectivity index (χ2v) is 7.15. The van der Waals surface area contributed by atoms with Crippen molar-refractivity contribution in [3.63, 3.8) is 0 Å². The average molecular weight is 277 g/mol. The number of hydrogen-bond donors (Lipinski definition) is 1. The largest absolute Gasteiger partial charge is 0.391 e. The van der Waals surface area contributed by atoms with Crippen LogP contribution in [0.4, 0.5) is 0 Å². The third kappa shape index (κ3) is 2.53. The fourth-order valence-corrected chi connectivity index (χ4v) is 4.70. The van der Waals surface area contributed by atoms with Gasteiger partial charge in [0, 0.05) is 18.0 Å². The molecule has 2 rings (SSSR count). The normalized spacial score (nSPS) is 18.5. The molecule has 1 fully saturated rings. The van der Waals surface area contributed by atoms with E-state index in [4.69, 9.17) is 9.84 Å². The summed E-state index contributed by atoms with van der Waals surface area (Å²) in [5, 5.41) is 9.09. The molecule has 0 spiro atoms. The molecule has 5 nitrogen and oxygen atoms in total. The number of sulfonamides is 1. The number of aliphatic hydroxyl groups excluding tert-OH is 1. The van der Waals surface area contributed by atoms with Crippen molar-refractivity contribution in [1.29, 1.82) is 0 Å². The molecule has 0 radical (unpaired) electrons. The quantitative estimate of drug-likeness (QED) is 0.877. The molecule has 1 N–H and O–H groups in total. The van der Waals surface area contributed by atoms with Gasteiger partial charge in [-0.3, -0.25) is 0 Å². The molecule has 1 saturated heterocycles. The Morgan fingerprint density at radius 2 is 2.12 bits per heavy atom. The lowest BCUT2D eigenvalue weighted by Gasteiger charge is -2.25. The Bertz CT molecular complexity index is 488. The van der Waals surface area contributed by atoms with Crippen LogP contribution in [-0.2, 0) is 21.4 Å². The van der Waals surface area contributed by atoms with Gasteiger partial charge in [0.2, 0.25) is 0 Å². The molecule has 1 aliphatic rings. The topological polar surface area (TPSA) is 66.8 Å². The van der Waals surface area contributed by atoms with Crippen molar-refractivity contribution >= 4 is 21.4 Å². The Balaban J connectivity index is 2.30. The molecule has 96 valence electrons. The number of morpholine rings is 1. The van der Waals surface area contributed by atoms with Crippen molar-refractivity contribution in [1.82, 2.24) is 4.31 Å². The summed E-state index contributed by atoms with van der Waals surface area (Å²) in [4.78, 5) is 0.705. The van der Waals surface area contributed by atoms with E-state index in [1.165, 1.54) is 4.31 Å². The van der Waals surface area contributed by atoms with Crippen molar-refractivity contribution in [3.8, 4) is 0 Å². The van der Waals surface area contributed by atoms with Gasteiger partial charge in [-0.25, -0.2) is 8.42 Å². The lowest BCUT2D eigenvalue weighted by atomic mass is 10.3. The monoisotopic (exact) mass is 277 g/mol. The zero-order chi connectivity index (χ0) is 12.5. The van der Waals surface area contributed by atoms with Crippen molar-refractivity contribution < 1.29 is 18.3 Å². The molecule has 0 bridgehead atoms. The molecule has 0 aliphatic carbocycles. The van der Waals surface area contributed by atoms with E-state index in [-0.39, 0.29) is 6.61 Å². The molecule has 0 amide bonds. The van der Waals surface area contributed by atoms with E-state index in [0.717, 1.165) is 16.9 Å². The Morgan fingerprint density at radius 1 is 1.47 bits per heavy atom. The Hall–Kier alpha value is -0.470. The summed E-state index contributed by atoms with van der Waals surface area (Å²) in [6, 6.07) is 1.63. The molecule has 0 unspecified atom stereocenters. The lowest BCUT2D eigenvalue weighted by Crippen LogP contribution is -2.40. The van der Waals surface area contributed by atoms with E-state index in [2.05, 4.69) is 0 Å². The molecular formula is C10H15NO4S2. The molecule has 7 heteroatoms. The second-order valence-electron chi connectivity index (χ2n) is 3.85. The van der Waals surface area contributed by atoms with E-state index in [0.29, 0.717) is 35.4 Å². The van der Waals surface area contributed by atoms with Crippen molar-refractivity contribution in [3.05, 3.63) is 16.5 Å². The first-order valence-electron chi connectivity index (χ1n) is 5.34. The highest BCUT2D eigenvalue weighted by Gasteiger charge is 2.28. The first-order valence-corrected chi connectivity index (χ1v) is 7.59. The van der Waals surface area contributed by atoms with Gasteiger partial charge in [0.15, 0.2) is 0 Å². The lowest BCUT2D eigenvalue weighted by molar-refractivity contribution is 0.0731. The van der Waals surface area contributed by atoms with Gasteiger partial charge in [-0.05, 0) is 18.6 Å². The van der Waals surface area contributed by atoms with Crippen LogP contribution in [0.25, 0.3) is 0 Å². The minimum absolute atomic E-state index is 0.116. The zero-order valence-corrected chi connectivity index (χ0v) is 11.2. The summed E-state index contributed by atoms with van der Waals surface area (Å²) in [6.45, 7) is 3.36. The molecule has 0 saturated carbocycles. The summed E-state index contributed by atoms with van der Waals surface area (Å²) >= 11 is 1.14. The van der Waals surface area contributed by atoms with Gasteiger partial charge in [-0.15, -0.1) is 11.3 Å². The Morgan fingerprint density at radius 3 is 2.65 bits per heavy atom. The Kier molecular flexibility index (Phi) is 3.84. The number of aryl methyl sites for hydroxylation is 1. The van der Waals surface area contributed by atoms with E-state index in [1.54, 1.807) is 13.0 Å². The standard InChI is InChI=1S/C10H15NO4S2/c1-8-6-10(16-9(8)7-12)17(13,14)11-2-4-15-5-3-11/h6,12H,2-5,7H2,1H3. The van der Waals surface area contributed by atoms with Gasteiger partial charge in [0.1, 0.15) is 4.21 Å². The van der Waals surface area contributed by atoms with Gasteiger partial charge < -0.3 is 9.84 Å². The summed E-state index contributed by atoms with van der Waals surface area (Å²) in [7, 11) is -3.41. The SMILES string of the molecule is Cc1cc(S(=O)(=O)N2CCOCC2)sc1CO. The number of aliphatic hydroxyl groups is 1. The fourth-order valence-electron chi connectivity index (χ4n) is 1.69. The maximum atomic E-state index is 12.3. The minimum atomic E-state index is -3.41. The van der Waals surface area contributed by atoms with Gasteiger partial charge in [0.05, 0.1) is 19.8 Å². The van der Waals surface area contributed by atoms with Crippen molar-refractivity contribution in [2.24, 2.45) is 0 Å². The Labute approximate surface area is 105 Å². The van der Waals surface area contributed by atoms with Crippen molar-refractivity contribution in [2.45, 2.75) is 17.7 Å². The van der Waals surface area contributed by atoms with Crippen LogP contribution in [0.2, 0.25) is 0 Å². The number of hydrogen-bond acceptors (Lipinski definition) is 5. The summed E-state index contributed by atoms with van der Waals surface area (Å²) in [5.41, 5.74) is 0.823. The summed E-state index contributed by atoms with van der Waals surface area (Å²) in [5.74, 6) is 0. The summed E-state index contributed by atoms with van der Waals surface area (Å²) < 4.78 is 31.4. The number of ether oxygens (including phenoxy) is 1. The highest BCUT2D eigenvalue weighted by atomic mass is 32.2. The second kappa shape index (κ2) is 5.03. The predicted octanol–water partition coefficient (Wildman–Crippen LogP) is 0.570. The third-order valence-corrected chi connectivity index (χ3v) is 6.28. The zero-order valence-electron chi connectivity index (χ0n) is 9.55. The minimum Gasteiger partial charge on any atom is -0.391 e. The van der Waals surface area contributed by atoms with Gasteiger partial charge in [-0.1, -0.05) is 0 Å². The molecule has 17 heavy (non-hydrogen) atoms. The molecule has 1 aliphatic heterocycles. The van der Waals surface area contributed by atoms with Crippen LogP contribution in [-0.4, -0.2) is 44.1 Å². The van der Waals surface area contributed by atoms with E-state index in [1.807, 2.05) is 0 Å². The van der Waals surface area contributed by atoms with E-state index >= 15 is 0 Å². The first-order chi connectivity index (χ1) is 8.05. The van der Waals surface area contributed by atoms with Gasteiger partial charge >= 0.3 is 0 Å². The predicted molar refractivity (Wildman–Crippen MR) is 64.6 cm³/mol. The molecule has 1 aromatic heterocycles. The number of nitrogens with zero attached hydrogens (tertiary/aromatic N) is 1. The number of rotatable bonds is 3. The van der Waals surface area contributed by atoms with Crippen LogP contribution in [0.1, 0.15) is 10.4 Å². The van der Waals surface area contributed by atoms with Gasteiger partial charge in [-0.2, -0.15) is 4.31 Å². The molecule has 0 aromatic carbocycles. The van der Waals surface area contributed by atoms with Gasteiger partial charge in [0.25, 0.3) is 10.0 Å². The molecular weight excluding hydrogens is 262 g/mol. The fraction of sp³-hybridized carbons (Fsp3) is 0.600. The van der Waals surface area contributed by atoms with Crippen LogP contribution >= 0.6 is 11.3 Å². The number of thiophene rings is 1. The van der Waals surface area contributed by atoms with Crippen LogP contribution in [0.5, 0.6) is 0 Å². The smallest absolute Gasteiger partial charge is 0.252 e. The summed E-state index contributed by atoms with van der Waals surface area (Å²) in [6.07, 6.45) is 0. The van der Waals surface area contributed by atoms with Crippen LogP contribution in [0.3, 0.4) is 0 Å². The maximum Gasteiger partial charge on any atom is 0.252 e. The van der Waals surface area contributed by atoms with E-state index < -0.39 is 10.0 Å². The van der Waals surface area contributed by atoms with Crippen LogP contribution < -0.4 is 0 Å². The highest BCUT2D eigenvalue weighted by molar-refractivity contribution is 7.91. The van der Waals surface area contributed by atoms with Crippen molar-refractivity contribution in [2.75, 3.05) is 26.3 Å². The van der Waals surface area contributed by atoms with Crippen LogP contribution in [0, 0.1) is 6.92 Å². The third-order valence-electron chi connectivity index (χ3n) is 2.71. The maximum absolute atomic E-state index is 12.3. The van der Waals surface area contributed by atoms with Crippen LogP contribution in [0.15, 0.2) is 10.3 Å². The highest BCUT2D eigenvalue weighted by Crippen LogP contribution is 2.28. The molecule has 2 heterocycles. The average Bonchev–Trinajstić information content (AvgIpc) is 2.72. The first kappa shape index (κ1) is 13.0.